The summed E-state index contributed by atoms with van der Waals surface area (Å²) in [6.45, 7) is 4.84. The summed E-state index contributed by atoms with van der Waals surface area (Å²) >= 11 is 3.48. The van der Waals surface area contributed by atoms with E-state index in [2.05, 4.69) is 21.2 Å². The summed E-state index contributed by atoms with van der Waals surface area (Å²) in [6, 6.07) is 24.5. The smallest absolute Gasteiger partial charge is 0.264 e. The number of nitrogens with one attached hydrogen (secondary N) is 1. The van der Waals surface area contributed by atoms with E-state index in [1.54, 1.807) is 0 Å². The van der Waals surface area contributed by atoms with Crippen LogP contribution in [0.4, 0.5) is 10.1 Å². The van der Waals surface area contributed by atoms with Crippen LogP contribution >= 0.6 is 15.9 Å². The molecule has 0 spiro atoms. The second-order valence-corrected chi connectivity index (χ2v) is 14.9. The summed E-state index contributed by atoms with van der Waals surface area (Å²) in [4.78, 5) is 29.8. The maximum atomic E-state index is 14.6. The summed E-state index contributed by atoms with van der Waals surface area (Å²) in [6.07, 6.45) is 0.168. The van der Waals surface area contributed by atoms with Crippen LogP contribution < -0.4 is 19.1 Å². The van der Waals surface area contributed by atoms with Crippen LogP contribution in [0.5, 0.6) is 11.5 Å². The van der Waals surface area contributed by atoms with Gasteiger partial charge in [0.2, 0.25) is 11.8 Å². The molecule has 0 aromatic heterocycles. The molecule has 2 amide bonds. The van der Waals surface area contributed by atoms with E-state index in [-0.39, 0.29) is 29.3 Å². The van der Waals surface area contributed by atoms with Gasteiger partial charge < -0.3 is 19.7 Å². The molecule has 0 heterocycles. The number of benzene rings is 4. The number of methoxy groups -OCH3 is 2. The zero-order valence-corrected chi connectivity index (χ0v) is 29.8. The van der Waals surface area contributed by atoms with Crippen molar-refractivity contribution in [1.82, 2.24) is 10.2 Å². The van der Waals surface area contributed by atoms with E-state index in [1.807, 2.05) is 75.4 Å². The predicted molar refractivity (Wildman–Crippen MR) is 187 cm³/mol. The number of ether oxygens (including phenoxy) is 2. The van der Waals surface area contributed by atoms with Crippen molar-refractivity contribution in [2.75, 3.05) is 25.1 Å². The SMILES string of the molecule is COc1ccc(S(=O)(=O)N(CC(=O)N(Cc2cccc(Br)c2)[C@@H](Cc2ccccc2)C(=O)NC(C)(C)C)c2ccc(F)cc2)cc1OC. The molecule has 48 heavy (non-hydrogen) atoms. The zero-order valence-electron chi connectivity index (χ0n) is 27.4. The van der Waals surface area contributed by atoms with Crippen molar-refractivity contribution >= 4 is 43.5 Å². The molecule has 1 atom stereocenters. The lowest BCUT2D eigenvalue weighted by atomic mass is 10.0. The summed E-state index contributed by atoms with van der Waals surface area (Å²) in [5, 5.41) is 3.00. The van der Waals surface area contributed by atoms with Crippen molar-refractivity contribution in [2.45, 2.75) is 50.2 Å². The van der Waals surface area contributed by atoms with Crippen LogP contribution in [0.15, 0.2) is 106 Å². The third-order valence-corrected chi connectivity index (χ3v) is 9.61. The Bertz CT molecular complexity index is 1830. The lowest BCUT2D eigenvalue weighted by Crippen LogP contribution is -2.56. The molecule has 9 nitrogen and oxygen atoms in total. The molecule has 1 N–H and O–H groups in total. The molecule has 4 rings (SSSR count). The number of sulfonamides is 1. The van der Waals surface area contributed by atoms with Crippen molar-refractivity contribution in [3.63, 3.8) is 0 Å². The maximum Gasteiger partial charge on any atom is 0.264 e. The van der Waals surface area contributed by atoms with Crippen LogP contribution in [0.1, 0.15) is 31.9 Å². The number of hydrogen-bond donors (Lipinski definition) is 1. The first kappa shape index (κ1) is 36.4. The highest BCUT2D eigenvalue weighted by Gasteiger charge is 2.36. The van der Waals surface area contributed by atoms with Crippen LogP contribution in [-0.2, 0) is 32.6 Å². The summed E-state index contributed by atoms with van der Waals surface area (Å²) in [7, 11) is -1.64. The topological polar surface area (TPSA) is 105 Å². The molecule has 4 aromatic carbocycles. The van der Waals surface area contributed by atoms with Crippen molar-refractivity contribution < 1.29 is 31.9 Å². The first-order chi connectivity index (χ1) is 22.7. The van der Waals surface area contributed by atoms with Crippen molar-refractivity contribution in [3.8, 4) is 11.5 Å². The van der Waals surface area contributed by atoms with Gasteiger partial charge in [0.25, 0.3) is 10.0 Å². The van der Waals surface area contributed by atoms with Crippen LogP contribution in [0.2, 0.25) is 0 Å². The first-order valence-corrected chi connectivity index (χ1v) is 17.4. The molecular formula is C36H39BrFN3O6S. The van der Waals surface area contributed by atoms with E-state index in [4.69, 9.17) is 9.47 Å². The van der Waals surface area contributed by atoms with E-state index in [0.29, 0.717) is 5.75 Å². The van der Waals surface area contributed by atoms with Gasteiger partial charge in [-0.25, -0.2) is 12.8 Å². The second kappa shape index (κ2) is 15.7. The maximum absolute atomic E-state index is 14.6. The highest BCUT2D eigenvalue weighted by atomic mass is 79.9. The Morgan fingerprint density at radius 2 is 1.50 bits per heavy atom. The van der Waals surface area contributed by atoms with Crippen LogP contribution in [0.3, 0.4) is 0 Å². The zero-order chi connectivity index (χ0) is 35.1. The van der Waals surface area contributed by atoms with E-state index < -0.39 is 45.8 Å². The summed E-state index contributed by atoms with van der Waals surface area (Å²) in [5.41, 5.74) is 0.969. The lowest BCUT2D eigenvalue weighted by Gasteiger charge is -2.35. The summed E-state index contributed by atoms with van der Waals surface area (Å²) in [5.74, 6) is -1.14. The monoisotopic (exact) mass is 739 g/mol. The predicted octanol–water partition coefficient (Wildman–Crippen LogP) is 6.36. The molecule has 0 aliphatic rings. The number of amides is 2. The van der Waals surface area contributed by atoms with Gasteiger partial charge in [0, 0.05) is 29.0 Å². The van der Waals surface area contributed by atoms with E-state index in [0.717, 1.165) is 32.0 Å². The average molecular weight is 741 g/mol. The normalized spacial score (nSPS) is 12.1. The molecule has 0 aliphatic heterocycles. The quantitative estimate of drug-likeness (QED) is 0.171. The Labute approximate surface area is 289 Å². The van der Waals surface area contributed by atoms with Crippen molar-refractivity contribution in [2.24, 2.45) is 0 Å². The van der Waals surface area contributed by atoms with Crippen LogP contribution in [0, 0.1) is 5.82 Å². The fraction of sp³-hybridized carbons (Fsp3) is 0.278. The van der Waals surface area contributed by atoms with Gasteiger partial charge in [-0.05, 0) is 80.4 Å². The first-order valence-electron chi connectivity index (χ1n) is 15.1. The molecule has 4 aromatic rings. The van der Waals surface area contributed by atoms with E-state index in [1.165, 1.54) is 49.5 Å². The van der Waals surface area contributed by atoms with Gasteiger partial charge in [0.05, 0.1) is 24.8 Å². The molecule has 0 aliphatic carbocycles. The number of anilines is 1. The fourth-order valence-electron chi connectivity index (χ4n) is 5.08. The molecule has 12 heteroatoms. The Morgan fingerprint density at radius 3 is 2.10 bits per heavy atom. The Morgan fingerprint density at radius 1 is 0.854 bits per heavy atom. The van der Waals surface area contributed by atoms with Gasteiger partial charge in [0.1, 0.15) is 18.4 Å². The summed E-state index contributed by atoms with van der Waals surface area (Å²) < 4.78 is 55.0. The number of carbonyl (C=O) groups is 2. The highest BCUT2D eigenvalue weighted by molar-refractivity contribution is 9.10. The number of rotatable bonds is 13. The minimum atomic E-state index is -4.45. The molecule has 0 unspecified atom stereocenters. The number of carbonyl (C=O) groups excluding carboxylic acids is 2. The van der Waals surface area contributed by atoms with Gasteiger partial charge in [-0.1, -0.05) is 58.4 Å². The van der Waals surface area contributed by atoms with Crippen LogP contribution in [0.25, 0.3) is 0 Å². The van der Waals surface area contributed by atoms with Crippen LogP contribution in [-0.4, -0.2) is 57.5 Å². The minimum Gasteiger partial charge on any atom is -0.493 e. The third kappa shape index (κ3) is 9.35. The molecular weight excluding hydrogens is 701 g/mol. The van der Waals surface area contributed by atoms with Gasteiger partial charge in [-0.3, -0.25) is 13.9 Å². The largest absolute Gasteiger partial charge is 0.493 e. The fourth-order valence-corrected chi connectivity index (χ4v) is 6.96. The molecule has 0 saturated heterocycles. The van der Waals surface area contributed by atoms with Gasteiger partial charge in [-0.2, -0.15) is 0 Å². The van der Waals surface area contributed by atoms with E-state index in [9.17, 15) is 22.4 Å². The number of hydrogen-bond acceptors (Lipinski definition) is 6. The molecule has 254 valence electrons. The van der Waals surface area contributed by atoms with E-state index >= 15 is 0 Å². The molecule has 0 bridgehead atoms. The average Bonchev–Trinajstić information content (AvgIpc) is 3.04. The lowest BCUT2D eigenvalue weighted by molar-refractivity contribution is -0.140. The van der Waals surface area contributed by atoms with Gasteiger partial charge in [0.15, 0.2) is 11.5 Å². The Kier molecular flexibility index (Phi) is 11.9. The highest BCUT2D eigenvalue weighted by Crippen LogP contribution is 2.32. The van der Waals surface area contributed by atoms with Gasteiger partial charge >= 0.3 is 0 Å². The van der Waals surface area contributed by atoms with Crippen molar-refractivity contribution in [1.29, 1.82) is 0 Å². The second-order valence-electron chi connectivity index (χ2n) is 12.1. The van der Waals surface area contributed by atoms with Crippen molar-refractivity contribution in [3.05, 3.63) is 118 Å². The number of halogens is 2. The molecule has 0 saturated carbocycles. The van der Waals surface area contributed by atoms with Gasteiger partial charge in [-0.15, -0.1) is 0 Å². The Hall–Kier alpha value is -4.42. The third-order valence-electron chi connectivity index (χ3n) is 7.35. The standard InChI is InChI=1S/C36H39BrFN3O6S/c1-36(2,3)39-35(43)31(21-25-10-7-6-8-11-25)40(23-26-12-9-13-27(37)20-26)34(42)24-41(29-16-14-28(38)15-17-29)48(44,45)30-18-19-32(46-4)33(22-30)47-5/h6-20,22,31H,21,23-24H2,1-5H3,(H,39,43)/t31-/m0/s1. The molecule has 0 radical (unpaired) electrons. The Balaban J connectivity index is 1.84. The molecule has 0 fully saturated rings. The minimum absolute atomic E-state index is 0.000993. The number of nitrogens with zero attached hydrogens (tertiary/aromatic N) is 2.